The highest BCUT2D eigenvalue weighted by atomic mass is 79.9. The number of nitro groups is 1. The summed E-state index contributed by atoms with van der Waals surface area (Å²) in [6.07, 6.45) is 0. The molecule has 0 aliphatic rings. The zero-order chi connectivity index (χ0) is 10.1. The molecule has 6 heteroatoms. The number of aromatic nitrogens is 1. The van der Waals surface area contributed by atoms with Gasteiger partial charge in [0.15, 0.2) is 0 Å². The van der Waals surface area contributed by atoms with Crippen LogP contribution >= 0.6 is 27.3 Å². The van der Waals surface area contributed by atoms with Crippen molar-refractivity contribution >= 4 is 43.2 Å². The molecule has 0 aliphatic carbocycles. The molecule has 0 amide bonds. The zero-order valence-corrected chi connectivity index (χ0v) is 9.34. The minimum absolute atomic E-state index is 0.0870. The van der Waals surface area contributed by atoms with Crippen molar-refractivity contribution in [1.29, 1.82) is 0 Å². The first-order chi connectivity index (χ1) is 6.70. The van der Waals surface area contributed by atoms with Crippen molar-refractivity contribution < 1.29 is 4.92 Å². The Hall–Kier alpha value is -1.01. The third kappa shape index (κ3) is 1.62. The number of non-ortho nitro benzene ring substituents is 1. The maximum Gasteiger partial charge on any atom is 0.271 e. The number of fused-ring (bicyclic) bond motifs is 1. The first kappa shape index (κ1) is 9.54. The number of rotatable bonds is 2. The lowest BCUT2D eigenvalue weighted by molar-refractivity contribution is -0.384. The lowest BCUT2D eigenvalue weighted by Crippen LogP contribution is -1.86. The van der Waals surface area contributed by atoms with Gasteiger partial charge in [-0.15, -0.1) is 11.3 Å². The fourth-order valence-corrected chi connectivity index (χ4v) is 2.40. The summed E-state index contributed by atoms with van der Waals surface area (Å²) in [5.41, 5.74) is 0.780. The van der Waals surface area contributed by atoms with E-state index in [2.05, 4.69) is 20.9 Å². The van der Waals surface area contributed by atoms with Crippen LogP contribution in [0, 0.1) is 10.1 Å². The smallest absolute Gasteiger partial charge is 0.258 e. The molecule has 2 rings (SSSR count). The third-order valence-electron chi connectivity index (χ3n) is 1.74. The van der Waals surface area contributed by atoms with Gasteiger partial charge >= 0.3 is 0 Å². The Bertz CT molecular complexity index is 497. The van der Waals surface area contributed by atoms with Crippen molar-refractivity contribution in [3.63, 3.8) is 0 Å². The summed E-state index contributed by atoms with van der Waals surface area (Å²) in [4.78, 5) is 14.3. The van der Waals surface area contributed by atoms with Gasteiger partial charge in [0.05, 0.1) is 20.5 Å². The molecule has 4 nitrogen and oxygen atoms in total. The molecule has 1 aromatic carbocycles. The van der Waals surface area contributed by atoms with Gasteiger partial charge in [0, 0.05) is 12.1 Å². The number of thiazole rings is 1. The van der Waals surface area contributed by atoms with E-state index in [4.69, 9.17) is 0 Å². The molecule has 0 spiro atoms. The summed E-state index contributed by atoms with van der Waals surface area (Å²) in [5, 5.41) is 12.1. The predicted molar refractivity (Wildman–Crippen MR) is 58.9 cm³/mol. The van der Waals surface area contributed by atoms with Gasteiger partial charge < -0.3 is 0 Å². The molecule has 72 valence electrons. The quantitative estimate of drug-likeness (QED) is 0.480. The number of benzene rings is 1. The molecule has 2 aromatic rings. The van der Waals surface area contributed by atoms with Crippen molar-refractivity contribution in [3.05, 3.63) is 33.3 Å². The standard InChI is InChI=1S/C8H5BrN2O2S/c9-4-8-10-6-3-5(11(12)13)1-2-7(6)14-8/h1-3H,4H2. The predicted octanol–water partition coefficient (Wildman–Crippen LogP) is 3.10. The Labute approximate surface area is 91.9 Å². The molecule has 0 bridgehead atoms. The second-order valence-corrected chi connectivity index (χ2v) is 4.33. The summed E-state index contributed by atoms with van der Waals surface area (Å²) in [7, 11) is 0. The van der Waals surface area contributed by atoms with E-state index in [1.165, 1.54) is 23.5 Å². The van der Waals surface area contributed by atoms with Gasteiger partial charge in [-0.2, -0.15) is 0 Å². The van der Waals surface area contributed by atoms with Crippen LogP contribution in [0.2, 0.25) is 0 Å². The van der Waals surface area contributed by atoms with Crippen LogP contribution in [-0.4, -0.2) is 9.91 Å². The number of hydrogen-bond acceptors (Lipinski definition) is 4. The highest BCUT2D eigenvalue weighted by Gasteiger charge is 2.09. The van der Waals surface area contributed by atoms with E-state index >= 15 is 0 Å². The van der Waals surface area contributed by atoms with E-state index in [0.717, 1.165) is 9.71 Å². The molecule has 0 atom stereocenters. The molecule has 1 heterocycles. The fraction of sp³-hybridized carbons (Fsp3) is 0.125. The minimum Gasteiger partial charge on any atom is -0.258 e. The third-order valence-corrected chi connectivity index (χ3v) is 3.68. The highest BCUT2D eigenvalue weighted by molar-refractivity contribution is 9.08. The van der Waals surface area contributed by atoms with E-state index in [1.807, 2.05) is 0 Å². The number of nitro benzene ring substituents is 1. The van der Waals surface area contributed by atoms with Crippen molar-refractivity contribution in [2.45, 2.75) is 5.33 Å². The molecule has 1 aromatic heterocycles. The maximum atomic E-state index is 10.5. The van der Waals surface area contributed by atoms with Gasteiger partial charge in [0.1, 0.15) is 5.01 Å². The van der Waals surface area contributed by atoms with Gasteiger partial charge in [0.2, 0.25) is 0 Å². The maximum absolute atomic E-state index is 10.5. The van der Waals surface area contributed by atoms with Crippen LogP contribution in [0.4, 0.5) is 5.69 Å². The van der Waals surface area contributed by atoms with Crippen LogP contribution in [-0.2, 0) is 5.33 Å². The van der Waals surface area contributed by atoms with Gasteiger partial charge in [-0.25, -0.2) is 4.98 Å². The molecule has 14 heavy (non-hydrogen) atoms. The molecular weight excluding hydrogens is 268 g/mol. The molecule has 0 radical (unpaired) electrons. The van der Waals surface area contributed by atoms with Crippen LogP contribution in [0.25, 0.3) is 10.2 Å². The van der Waals surface area contributed by atoms with Crippen LogP contribution in [0.1, 0.15) is 5.01 Å². The van der Waals surface area contributed by atoms with Gasteiger partial charge in [0.25, 0.3) is 5.69 Å². The Balaban J connectivity index is 2.59. The average Bonchev–Trinajstić information content (AvgIpc) is 2.58. The highest BCUT2D eigenvalue weighted by Crippen LogP contribution is 2.26. The van der Waals surface area contributed by atoms with E-state index in [9.17, 15) is 10.1 Å². The first-order valence-corrected chi connectivity index (χ1v) is 5.74. The number of hydrogen-bond donors (Lipinski definition) is 0. The lowest BCUT2D eigenvalue weighted by atomic mass is 10.3. The summed E-state index contributed by atoms with van der Waals surface area (Å²) < 4.78 is 0.977. The van der Waals surface area contributed by atoms with E-state index in [1.54, 1.807) is 6.07 Å². The van der Waals surface area contributed by atoms with E-state index in [0.29, 0.717) is 10.8 Å². The van der Waals surface area contributed by atoms with E-state index in [-0.39, 0.29) is 5.69 Å². The molecule has 0 unspecified atom stereocenters. The zero-order valence-electron chi connectivity index (χ0n) is 6.94. The Morgan fingerprint density at radius 2 is 2.36 bits per heavy atom. The van der Waals surface area contributed by atoms with Crippen LogP contribution in [0.15, 0.2) is 18.2 Å². The largest absolute Gasteiger partial charge is 0.271 e. The van der Waals surface area contributed by atoms with Gasteiger partial charge in [-0.3, -0.25) is 10.1 Å². The average molecular weight is 273 g/mol. The van der Waals surface area contributed by atoms with Crippen molar-refractivity contribution in [1.82, 2.24) is 4.98 Å². The Morgan fingerprint density at radius 1 is 1.57 bits per heavy atom. The van der Waals surface area contributed by atoms with Crippen molar-refractivity contribution in [2.24, 2.45) is 0 Å². The summed E-state index contributed by atoms with van der Waals surface area (Å²) in [6.45, 7) is 0. The van der Waals surface area contributed by atoms with Crippen LogP contribution in [0.3, 0.4) is 0 Å². The monoisotopic (exact) mass is 272 g/mol. The molecule has 0 aliphatic heterocycles. The minimum atomic E-state index is -0.410. The Morgan fingerprint density at radius 3 is 3.00 bits per heavy atom. The molecule has 0 fully saturated rings. The topological polar surface area (TPSA) is 56.0 Å². The molecule has 0 saturated carbocycles. The normalized spacial score (nSPS) is 10.6. The lowest BCUT2D eigenvalue weighted by Gasteiger charge is -1.89. The summed E-state index contributed by atoms with van der Waals surface area (Å²) >= 11 is 4.83. The number of nitrogens with zero attached hydrogens (tertiary/aromatic N) is 2. The van der Waals surface area contributed by atoms with Crippen molar-refractivity contribution in [3.8, 4) is 0 Å². The second kappa shape index (κ2) is 3.62. The summed E-state index contributed by atoms with van der Waals surface area (Å²) in [5.74, 6) is 0. The molecule has 0 saturated heterocycles. The van der Waals surface area contributed by atoms with Crippen LogP contribution < -0.4 is 0 Å². The van der Waals surface area contributed by atoms with E-state index < -0.39 is 4.92 Å². The van der Waals surface area contributed by atoms with Crippen molar-refractivity contribution in [2.75, 3.05) is 0 Å². The summed E-state index contributed by atoms with van der Waals surface area (Å²) in [6, 6.07) is 4.73. The van der Waals surface area contributed by atoms with Gasteiger partial charge in [-0.05, 0) is 6.07 Å². The fourth-order valence-electron chi connectivity index (χ4n) is 1.13. The van der Waals surface area contributed by atoms with Crippen LogP contribution in [0.5, 0.6) is 0 Å². The first-order valence-electron chi connectivity index (χ1n) is 3.80. The second-order valence-electron chi connectivity index (χ2n) is 2.65. The Kier molecular flexibility index (Phi) is 2.47. The molecular formula is C8H5BrN2O2S. The van der Waals surface area contributed by atoms with Gasteiger partial charge in [-0.1, -0.05) is 15.9 Å². The number of alkyl halides is 1. The number of halogens is 1. The molecule has 0 N–H and O–H groups in total. The SMILES string of the molecule is O=[N+]([O-])c1ccc2sc(CBr)nc2c1.